The van der Waals surface area contributed by atoms with Gasteiger partial charge in [0.15, 0.2) is 0 Å². The van der Waals surface area contributed by atoms with E-state index in [-0.39, 0.29) is 0 Å². The van der Waals surface area contributed by atoms with Gasteiger partial charge in [-0.2, -0.15) is 0 Å². The number of hydrogen-bond acceptors (Lipinski definition) is 3. The fourth-order valence-corrected chi connectivity index (χ4v) is 2.35. The van der Waals surface area contributed by atoms with Gasteiger partial charge in [-0.1, -0.05) is 13.8 Å². The van der Waals surface area contributed by atoms with Crippen molar-refractivity contribution in [1.29, 1.82) is 0 Å². The Kier molecular flexibility index (Phi) is 5.45. The van der Waals surface area contributed by atoms with Crippen molar-refractivity contribution < 1.29 is 4.74 Å². The first-order chi connectivity index (χ1) is 6.83. The molecule has 0 saturated carbocycles. The van der Waals surface area contributed by atoms with Crippen molar-refractivity contribution in [3.8, 4) is 0 Å². The molecule has 1 unspecified atom stereocenters. The quantitative estimate of drug-likeness (QED) is 0.701. The van der Waals surface area contributed by atoms with Gasteiger partial charge < -0.3 is 10.5 Å². The summed E-state index contributed by atoms with van der Waals surface area (Å²) in [6.45, 7) is 8.11. The van der Waals surface area contributed by atoms with Gasteiger partial charge in [0.2, 0.25) is 0 Å². The van der Waals surface area contributed by atoms with Gasteiger partial charge in [0.25, 0.3) is 0 Å². The van der Waals surface area contributed by atoms with E-state index in [0.717, 1.165) is 26.3 Å². The van der Waals surface area contributed by atoms with Gasteiger partial charge in [0, 0.05) is 31.8 Å². The van der Waals surface area contributed by atoms with Crippen molar-refractivity contribution in [3.05, 3.63) is 0 Å². The molecule has 1 rings (SSSR count). The molecule has 1 aliphatic heterocycles. The van der Waals surface area contributed by atoms with E-state index in [4.69, 9.17) is 10.5 Å². The molecule has 84 valence electrons. The van der Waals surface area contributed by atoms with Crippen LogP contribution in [-0.2, 0) is 4.74 Å². The topological polar surface area (TPSA) is 38.5 Å². The van der Waals surface area contributed by atoms with Crippen LogP contribution >= 0.6 is 0 Å². The van der Waals surface area contributed by atoms with Crippen molar-refractivity contribution >= 4 is 0 Å². The molecule has 0 spiro atoms. The van der Waals surface area contributed by atoms with E-state index in [0.29, 0.717) is 12.1 Å². The fraction of sp³-hybridized carbons (Fsp3) is 1.00. The summed E-state index contributed by atoms with van der Waals surface area (Å²) in [6, 6.07) is 1.30. The molecule has 0 bridgehead atoms. The molecular weight excluding hydrogens is 176 g/mol. The Morgan fingerprint density at radius 3 is 2.57 bits per heavy atom. The fourth-order valence-electron chi connectivity index (χ4n) is 2.35. The molecule has 3 heteroatoms. The third-order valence-corrected chi connectivity index (χ3v) is 3.17. The molecule has 0 amide bonds. The molecule has 0 radical (unpaired) electrons. The van der Waals surface area contributed by atoms with Crippen molar-refractivity contribution in [3.63, 3.8) is 0 Å². The van der Waals surface area contributed by atoms with E-state index in [2.05, 4.69) is 18.7 Å². The second-order valence-corrected chi connectivity index (χ2v) is 4.01. The van der Waals surface area contributed by atoms with Gasteiger partial charge in [-0.15, -0.1) is 0 Å². The van der Waals surface area contributed by atoms with E-state index in [9.17, 15) is 0 Å². The molecule has 2 N–H and O–H groups in total. The lowest BCUT2D eigenvalue weighted by molar-refractivity contribution is 0.106. The van der Waals surface area contributed by atoms with E-state index < -0.39 is 0 Å². The van der Waals surface area contributed by atoms with E-state index in [1.54, 1.807) is 0 Å². The number of nitrogens with zero attached hydrogens (tertiary/aromatic N) is 1. The summed E-state index contributed by atoms with van der Waals surface area (Å²) in [7, 11) is 0. The normalized spacial score (nSPS) is 22.5. The predicted octanol–water partition coefficient (Wildman–Crippen LogP) is 1.22. The Morgan fingerprint density at radius 2 is 2.14 bits per heavy atom. The van der Waals surface area contributed by atoms with Gasteiger partial charge in [0.05, 0.1) is 6.61 Å². The molecule has 0 aliphatic carbocycles. The van der Waals surface area contributed by atoms with Crippen LogP contribution in [0.3, 0.4) is 0 Å². The predicted molar refractivity (Wildman–Crippen MR) is 59.4 cm³/mol. The molecule has 0 aromatic rings. The molecule has 3 nitrogen and oxygen atoms in total. The first kappa shape index (κ1) is 12.0. The maximum absolute atomic E-state index is 5.66. The van der Waals surface area contributed by atoms with Crippen LogP contribution in [0.4, 0.5) is 0 Å². The van der Waals surface area contributed by atoms with Gasteiger partial charge in [0.1, 0.15) is 0 Å². The minimum absolute atomic E-state index is 0.614. The summed E-state index contributed by atoms with van der Waals surface area (Å²) >= 11 is 0. The van der Waals surface area contributed by atoms with E-state index in [1.807, 2.05) is 0 Å². The molecular formula is C11H24N2O. The Labute approximate surface area is 87.6 Å². The van der Waals surface area contributed by atoms with Crippen LogP contribution in [0.25, 0.3) is 0 Å². The van der Waals surface area contributed by atoms with Crippen LogP contribution in [-0.4, -0.2) is 43.3 Å². The zero-order chi connectivity index (χ0) is 10.4. The van der Waals surface area contributed by atoms with Crippen LogP contribution in [0, 0.1) is 0 Å². The molecule has 1 atom stereocenters. The maximum Gasteiger partial charge on any atom is 0.0622 e. The summed E-state index contributed by atoms with van der Waals surface area (Å²) < 4.78 is 5.44. The monoisotopic (exact) mass is 200 g/mol. The number of nitrogens with two attached hydrogens (primary N) is 1. The summed E-state index contributed by atoms with van der Waals surface area (Å²) in [6.07, 6.45) is 3.61. The van der Waals surface area contributed by atoms with Crippen molar-refractivity contribution in [2.24, 2.45) is 5.73 Å². The first-order valence-corrected chi connectivity index (χ1v) is 5.87. The highest BCUT2D eigenvalue weighted by atomic mass is 16.5. The maximum atomic E-state index is 5.66. The summed E-state index contributed by atoms with van der Waals surface area (Å²) in [5.41, 5.74) is 5.66. The first-order valence-electron chi connectivity index (χ1n) is 5.87. The van der Waals surface area contributed by atoms with Crippen LogP contribution in [0.15, 0.2) is 0 Å². The highest BCUT2D eigenvalue weighted by Gasteiger charge is 2.26. The Hall–Kier alpha value is -0.120. The number of rotatable bonds is 6. The standard InChI is InChI=1S/C11H24N2O/c1-3-10(4-2)13(7-6-12)11-5-8-14-9-11/h10-11H,3-9,12H2,1-2H3. The van der Waals surface area contributed by atoms with E-state index in [1.165, 1.54) is 19.3 Å². The number of hydrogen-bond donors (Lipinski definition) is 1. The summed E-state index contributed by atoms with van der Waals surface area (Å²) in [4.78, 5) is 2.55. The zero-order valence-electron chi connectivity index (χ0n) is 9.54. The lowest BCUT2D eigenvalue weighted by atomic mass is 10.1. The molecule has 14 heavy (non-hydrogen) atoms. The van der Waals surface area contributed by atoms with Crippen LogP contribution in [0.5, 0.6) is 0 Å². The van der Waals surface area contributed by atoms with Gasteiger partial charge in [-0.05, 0) is 19.3 Å². The van der Waals surface area contributed by atoms with E-state index >= 15 is 0 Å². The van der Waals surface area contributed by atoms with Crippen LogP contribution < -0.4 is 5.73 Å². The minimum Gasteiger partial charge on any atom is -0.380 e. The molecule has 1 heterocycles. The highest BCUT2D eigenvalue weighted by molar-refractivity contribution is 4.80. The van der Waals surface area contributed by atoms with Gasteiger partial charge >= 0.3 is 0 Å². The van der Waals surface area contributed by atoms with Crippen molar-refractivity contribution in [2.75, 3.05) is 26.3 Å². The Balaban J connectivity index is 2.51. The van der Waals surface area contributed by atoms with Crippen LogP contribution in [0.2, 0.25) is 0 Å². The second-order valence-electron chi connectivity index (χ2n) is 4.01. The third kappa shape index (κ3) is 2.94. The lowest BCUT2D eigenvalue weighted by Crippen LogP contribution is -2.45. The molecule has 0 aromatic heterocycles. The molecule has 1 aliphatic rings. The van der Waals surface area contributed by atoms with Gasteiger partial charge in [-0.3, -0.25) is 4.90 Å². The third-order valence-electron chi connectivity index (χ3n) is 3.17. The second kappa shape index (κ2) is 6.38. The molecule has 1 fully saturated rings. The van der Waals surface area contributed by atoms with Crippen LogP contribution in [0.1, 0.15) is 33.1 Å². The molecule has 1 saturated heterocycles. The lowest BCUT2D eigenvalue weighted by Gasteiger charge is -2.34. The largest absolute Gasteiger partial charge is 0.380 e. The van der Waals surface area contributed by atoms with Gasteiger partial charge in [-0.25, -0.2) is 0 Å². The smallest absolute Gasteiger partial charge is 0.0622 e. The summed E-state index contributed by atoms with van der Waals surface area (Å²) in [5.74, 6) is 0. The van der Waals surface area contributed by atoms with Crippen molar-refractivity contribution in [2.45, 2.75) is 45.2 Å². The Morgan fingerprint density at radius 1 is 1.43 bits per heavy atom. The zero-order valence-corrected chi connectivity index (χ0v) is 9.54. The average molecular weight is 200 g/mol. The highest BCUT2D eigenvalue weighted by Crippen LogP contribution is 2.18. The summed E-state index contributed by atoms with van der Waals surface area (Å²) in [5, 5.41) is 0. The van der Waals surface area contributed by atoms with Crippen molar-refractivity contribution in [1.82, 2.24) is 4.90 Å². The molecule has 0 aromatic carbocycles. The minimum atomic E-state index is 0.614. The average Bonchev–Trinajstić information content (AvgIpc) is 2.71. The number of ether oxygens (including phenoxy) is 1. The SMILES string of the molecule is CCC(CC)N(CCN)C1CCOC1. The Bertz CT molecular complexity index is 140.